The van der Waals surface area contributed by atoms with E-state index in [4.69, 9.17) is 4.74 Å². The molecule has 0 fully saturated rings. The minimum Gasteiger partial charge on any atom is -0.376 e. The lowest BCUT2D eigenvalue weighted by Gasteiger charge is -2.24. The van der Waals surface area contributed by atoms with Crippen molar-refractivity contribution in [3.8, 4) is 0 Å². The lowest BCUT2D eigenvalue weighted by atomic mass is 10.1. The van der Waals surface area contributed by atoms with E-state index < -0.39 is 0 Å². The van der Waals surface area contributed by atoms with Crippen molar-refractivity contribution in [2.45, 2.75) is 65.0 Å². The zero-order chi connectivity index (χ0) is 11.0. The van der Waals surface area contributed by atoms with E-state index in [1.165, 1.54) is 12.8 Å². The van der Waals surface area contributed by atoms with Crippen molar-refractivity contribution in [1.82, 2.24) is 5.32 Å². The van der Waals surface area contributed by atoms with Crippen LogP contribution in [0.15, 0.2) is 0 Å². The molecule has 0 aliphatic heterocycles. The van der Waals surface area contributed by atoms with E-state index in [9.17, 15) is 0 Å². The minimum absolute atomic E-state index is 0.0569. The van der Waals surface area contributed by atoms with Gasteiger partial charge in [0.15, 0.2) is 0 Å². The molecule has 14 heavy (non-hydrogen) atoms. The lowest BCUT2D eigenvalue weighted by molar-refractivity contribution is -0.0222. The summed E-state index contributed by atoms with van der Waals surface area (Å²) in [5.41, 5.74) is 0.0569. The SMILES string of the molecule is CCC(CCCOC(C)(C)CC)NC. The molecule has 0 aromatic carbocycles. The molecule has 2 heteroatoms. The third kappa shape index (κ3) is 6.39. The number of rotatable bonds is 8. The summed E-state index contributed by atoms with van der Waals surface area (Å²) in [6.07, 6.45) is 4.65. The Bertz CT molecular complexity index is 130. The largest absolute Gasteiger partial charge is 0.376 e. The topological polar surface area (TPSA) is 21.3 Å². The smallest absolute Gasteiger partial charge is 0.0623 e. The molecule has 0 aliphatic rings. The van der Waals surface area contributed by atoms with Gasteiger partial charge in [0.2, 0.25) is 0 Å². The quantitative estimate of drug-likeness (QED) is 0.610. The summed E-state index contributed by atoms with van der Waals surface area (Å²) < 4.78 is 5.79. The van der Waals surface area contributed by atoms with Gasteiger partial charge in [0.1, 0.15) is 0 Å². The maximum Gasteiger partial charge on any atom is 0.0623 e. The highest BCUT2D eigenvalue weighted by Crippen LogP contribution is 2.14. The van der Waals surface area contributed by atoms with Gasteiger partial charge >= 0.3 is 0 Å². The summed E-state index contributed by atoms with van der Waals surface area (Å²) in [7, 11) is 2.03. The van der Waals surface area contributed by atoms with Crippen molar-refractivity contribution >= 4 is 0 Å². The van der Waals surface area contributed by atoms with Crippen LogP contribution in [0, 0.1) is 0 Å². The summed E-state index contributed by atoms with van der Waals surface area (Å²) in [5.74, 6) is 0. The number of nitrogens with one attached hydrogen (secondary N) is 1. The van der Waals surface area contributed by atoms with E-state index in [2.05, 4.69) is 33.0 Å². The highest BCUT2D eigenvalue weighted by Gasteiger charge is 2.14. The summed E-state index contributed by atoms with van der Waals surface area (Å²) in [5, 5.41) is 3.31. The number of hydrogen-bond acceptors (Lipinski definition) is 2. The van der Waals surface area contributed by atoms with Gasteiger partial charge in [-0.25, -0.2) is 0 Å². The predicted octanol–water partition coefficient (Wildman–Crippen LogP) is 2.97. The van der Waals surface area contributed by atoms with Crippen molar-refractivity contribution in [3.63, 3.8) is 0 Å². The second-order valence-electron chi connectivity index (χ2n) is 4.50. The van der Waals surface area contributed by atoms with Crippen LogP contribution in [0.25, 0.3) is 0 Å². The monoisotopic (exact) mass is 201 g/mol. The molecule has 0 bridgehead atoms. The molecule has 0 aromatic rings. The average Bonchev–Trinajstić information content (AvgIpc) is 2.18. The summed E-state index contributed by atoms with van der Waals surface area (Å²) >= 11 is 0. The van der Waals surface area contributed by atoms with Gasteiger partial charge in [0.25, 0.3) is 0 Å². The van der Waals surface area contributed by atoms with Gasteiger partial charge in [0, 0.05) is 12.6 Å². The van der Waals surface area contributed by atoms with Crippen LogP contribution < -0.4 is 5.32 Å². The average molecular weight is 201 g/mol. The van der Waals surface area contributed by atoms with Gasteiger partial charge in [-0.05, 0) is 46.6 Å². The molecule has 0 heterocycles. The summed E-state index contributed by atoms with van der Waals surface area (Å²) in [4.78, 5) is 0. The summed E-state index contributed by atoms with van der Waals surface area (Å²) in [6, 6.07) is 0.656. The molecule has 1 unspecified atom stereocenters. The Morgan fingerprint density at radius 3 is 2.36 bits per heavy atom. The highest BCUT2D eigenvalue weighted by molar-refractivity contribution is 4.66. The standard InChI is InChI=1S/C12H27NO/c1-6-11(13-5)9-8-10-14-12(3,4)7-2/h11,13H,6-10H2,1-5H3. The molecule has 0 spiro atoms. The van der Waals surface area contributed by atoms with E-state index in [0.717, 1.165) is 19.4 Å². The van der Waals surface area contributed by atoms with Gasteiger partial charge in [-0.2, -0.15) is 0 Å². The zero-order valence-corrected chi connectivity index (χ0v) is 10.5. The van der Waals surface area contributed by atoms with E-state index >= 15 is 0 Å². The second kappa shape index (κ2) is 7.24. The minimum atomic E-state index is 0.0569. The van der Waals surface area contributed by atoms with Crippen LogP contribution in [0.3, 0.4) is 0 Å². The third-order valence-corrected chi connectivity index (χ3v) is 2.94. The Kier molecular flexibility index (Phi) is 7.20. The molecule has 86 valence electrons. The molecule has 0 saturated carbocycles. The maximum absolute atomic E-state index is 5.79. The Morgan fingerprint density at radius 2 is 1.93 bits per heavy atom. The van der Waals surface area contributed by atoms with E-state index in [-0.39, 0.29) is 5.60 Å². The molecule has 2 nitrogen and oxygen atoms in total. The number of hydrogen-bond donors (Lipinski definition) is 1. The first-order valence-corrected chi connectivity index (χ1v) is 5.87. The second-order valence-corrected chi connectivity index (χ2v) is 4.50. The van der Waals surface area contributed by atoms with E-state index in [1.54, 1.807) is 0 Å². The van der Waals surface area contributed by atoms with Crippen LogP contribution in [0.5, 0.6) is 0 Å². The zero-order valence-electron chi connectivity index (χ0n) is 10.5. The Balaban J connectivity index is 3.45. The van der Waals surface area contributed by atoms with Gasteiger partial charge in [0.05, 0.1) is 5.60 Å². The van der Waals surface area contributed by atoms with Crippen LogP contribution in [0.4, 0.5) is 0 Å². The van der Waals surface area contributed by atoms with Crippen molar-refractivity contribution in [3.05, 3.63) is 0 Å². The molecule has 1 N–H and O–H groups in total. The molecule has 0 aliphatic carbocycles. The fourth-order valence-corrected chi connectivity index (χ4v) is 1.33. The van der Waals surface area contributed by atoms with E-state index in [0.29, 0.717) is 6.04 Å². The van der Waals surface area contributed by atoms with Crippen LogP contribution in [-0.4, -0.2) is 25.3 Å². The third-order valence-electron chi connectivity index (χ3n) is 2.94. The van der Waals surface area contributed by atoms with Gasteiger partial charge < -0.3 is 10.1 Å². The molecule has 0 radical (unpaired) electrons. The van der Waals surface area contributed by atoms with Crippen molar-refractivity contribution in [2.24, 2.45) is 0 Å². The molecule has 0 amide bonds. The first kappa shape index (κ1) is 13.9. The molecule has 0 rings (SSSR count). The fraction of sp³-hybridized carbons (Fsp3) is 1.00. The van der Waals surface area contributed by atoms with Crippen molar-refractivity contribution in [2.75, 3.05) is 13.7 Å². The van der Waals surface area contributed by atoms with Crippen LogP contribution in [0.1, 0.15) is 53.4 Å². The Hall–Kier alpha value is -0.0800. The molecular formula is C12H27NO. The van der Waals surface area contributed by atoms with Gasteiger partial charge in [-0.3, -0.25) is 0 Å². The number of ether oxygens (including phenoxy) is 1. The first-order valence-electron chi connectivity index (χ1n) is 5.87. The molecule has 0 aromatic heterocycles. The maximum atomic E-state index is 5.79. The molecule has 0 saturated heterocycles. The van der Waals surface area contributed by atoms with E-state index in [1.807, 2.05) is 7.05 Å². The molecular weight excluding hydrogens is 174 g/mol. The van der Waals surface area contributed by atoms with Gasteiger partial charge in [-0.1, -0.05) is 13.8 Å². The normalized spacial score (nSPS) is 14.4. The molecule has 1 atom stereocenters. The Labute approximate surface area is 89.4 Å². The van der Waals surface area contributed by atoms with Crippen LogP contribution in [0.2, 0.25) is 0 Å². The van der Waals surface area contributed by atoms with Crippen molar-refractivity contribution < 1.29 is 4.74 Å². The van der Waals surface area contributed by atoms with Crippen molar-refractivity contribution in [1.29, 1.82) is 0 Å². The van der Waals surface area contributed by atoms with Crippen LogP contribution in [-0.2, 0) is 4.74 Å². The lowest BCUT2D eigenvalue weighted by Crippen LogP contribution is -2.26. The van der Waals surface area contributed by atoms with Gasteiger partial charge in [-0.15, -0.1) is 0 Å². The fourth-order valence-electron chi connectivity index (χ4n) is 1.33. The predicted molar refractivity (Wildman–Crippen MR) is 62.7 cm³/mol. The first-order chi connectivity index (χ1) is 6.55. The van der Waals surface area contributed by atoms with Crippen LogP contribution >= 0.6 is 0 Å². The Morgan fingerprint density at radius 1 is 1.29 bits per heavy atom. The summed E-state index contributed by atoms with van der Waals surface area (Å²) in [6.45, 7) is 9.59. The highest BCUT2D eigenvalue weighted by atomic mass is 16.5.